The Morgan fingerprint density at radius 1 is 0.957 bits per heavy atom. The van der Waals surface area contributed by atoms with Crippen molar-refractivity contribution >= 4 is 44.6 Å². The molecule has 0 aromatic carbocycles. The number of rotatable bonds is 0. The highest BCUT2D eigenvalue weighted by molar-refractivity contribution is 7.77. The summed E-state index contributed by atoms with van der Waals surface area (Å²) in [5.74, 6) is 2.43. The summed E-state index contributed by atoms with van der Waals surface area (Å²) in [6.07, 6.45) is 0. The van der Waals surface area contributed by atoms with Crippen LogP contribution >= 0.6 is 12.8 Å². The van der Waals surface area contributed by atoms with Crippen molar-refractivity contribution in [3.8, 4) is 0 Å². The molecule has 2 aliphatic rings. The smallest absolute Gasteiger partial charge is 0.650 e. The molecule has 0 N–H and O–H groups in total. The van der Waals surface area contributed by atoms with Crippen molar-refractivity contribution < 1.29 is 26.4 Å². The Bertz CT molecular complexity index is 431. The Hall–Kier alpha value is -0.655. The van der Waals surface area contributed by atoms with Gasteiger partial charge in [-0.25, -0.2) is 14.0 Å². The molecule has 0 fully saturated rings. The van der Waals surface area contributed by atoms with Crippen LogP contribution in [0.2, 0.25) is 0 Å². The molecule has 0 aromatic rings. The van der Waals surface area contributed by atoms with Gasteiger partial charge in [0.15, 0.2) is 13.3 Å². The van der Waals surface area contributed by atoms with Crippen molar-refractivity contribution in [1.82, 2.24) is 18.8 Å². The molecule has 0 saturated heterocycles. The van der Waals surface area contributed by atoms with Crippen molar-refractivity contribution in [3.63, 3.8) is 0 Å². The lowest BCUT2D eigenvalue weighted by atomic mass is 10.3. The molecule has 2 heterocycles. The molecular formula is C10H23BF4N6S2. The van der Waals surface area contributed by atoms with Crippen LogP contribution in [0.15, 0.2) is 0 Å². The van der Waals surface area contributed by atoms with Gasteiger partial charge in [0, 0.05) is 13.8 Å². The van der Waals surface area contributed by atoms with Gasteiger partial charge in [-0.05, 0) is 12.8 Å². The van der Waals surface area contributed by atoms with E-state index in [-0.39, 0.29) is 0 Å². The standard InChI is InChI=1S/C5H12N3S.C5H11N3S.BF4/c2*1-5-6(2)4-8(9)7(5)3;2-1(3,4)5/h9H,4H2,1-3H3;4H2,1-3H3;/q+1;;-1. The predicted octanol–water partition coefficient (Wildman–Crippen LogP) is 0.941. The minimum atomic E-state index is -6.00. The van der Waals surface area contributed by atoms with Gasteiger partial charge < -0.3 is 30.1 Å². The fourth-order valence-electron chi connectivity index (χ4n) is 1.59. The Labute approximate surface area is 145 Å². The lowest BCUT2D eigenvalue weighted by Gasteiger charge is -2.22. The lowest BCUT2D eigenvalue weighted by molar-refractivity contribution is -0.500. The first kappa shape index (κ1) is 22.3. The van der Waals surface area contributed by atoms with Crippen LogP contribution < -0.4 is 0 Å². The van der Waals surface area contributed by atoms with Crippen LogP contribution in [-0.4, -0.2) is 88.5 Å². The molecule has 0 bridgehead atoms. The molecule has 6 nitrogen and oxygen atoms in total. The zero-order chi connectivity index (χ0) is 18.5. The van der Waals surface area contributed by atoms with Gasteiger partial charge in [-0.2, -0.15) is 5.01 Å². The number of halogens is 4. The number of nitrogens with zero attached hydrogens (tertiary/aromatic N) is 6. The van der Waals surface area contributed by atoms with E-state index in [0.29, 0.717) is 0 Å². The second-order valence-electron chi connectivity index (χ2n) is 5.04. The van der Waals surface area contributed by atoms with Gasteiger partial charge in [-0.3, -0.25) is 4.58 Å². The molecular weight excluding hydrogens is 355 g/mol. The molecule has 2 rings (SSSR count). The van der Waals surface area contributed by atoms with E-state index in [0.717, 1.165) is 13.3 Å². The van der Waals surface area contributed by atoms with Crippen LogP contribution in [0.5, 0.6) is 0 Å². The summed E-state index contributed by atoms with van der Waals surface area (Å²) in [4.78, 5) is 0. The SMILES string of the molecule is CC1=[N+](C)CN(S)N1C.CC1=[N+](C)CN([S-])N1C.F[B-](F)(F)F. The molecule has 0 atom stereocenters. The highest BCUT2D eigenvalue weighted by Gasteiger charge is 2.26. The van der Waals surface area contributed by atoms with Crippen molar-refractivity contribution in [2.45, 2.75) is 13.8 Å². The van der Waals surface area contributed by atoms with Gasteiger partial charge in [0.05, 0.1) is 28.2 Å². The third-order valence-electron chi connectivity index (χ3n) is 3.39. The maximum Gasteiger partial charge on any atom is 0.673 e. The number of hydrogen-bond donors (Lipinski definition) is 1. The molecule has 0 amide bonds. The first-order valence-electron chi connectivity index (χ1n) is 6.60. The molecule has 23 heavy (non-hydrogen) atoms. The quantitative estimate of drug-likeness (QED) is 0.222. The molecule has 0 aromatic heterocycles. The van der Waals surface area contributed by atoms with E-state index >= 15 is 0 Å². The van der Waals surface area contributed by atoms with E-state index in [1.807, 2.05) is 49.5 Å². The predicted molar refractivity (Wildman–Crippen MR) is 89.2 cm³/mol. The van der Waals surface area contributed by atoms with Crippen LogP contribution in [0.4, 0.5) is 17.3 Å². The molecule has 0 aliphatic carbocycles. The van der Waals surface area contributed by atoms with Gasteiger partial charge in [0.25, 0.3) is 11.7 Å². The van der Waals surface area contributed by atoms with Gasteiger partial charge in [0.2, 0.25) is 0 Å². The largest absolute Gasteiger partial charge is 0.673 e. The normalized spacial score (nSPS) is 19.8. The Morgan fingerprint density at radius 3 is 1.39 bits per heavy atom. The topological polar surface area (TPSA) is 19.0 Å². The average Bonchev–Trinajstić information content (AvgIpc) is 2.74. The summed E-state index contributed by atoms with van der Waals surface area (Å²) in [5.41, 5.74) is 0. The molecule has 2 aliphatic heterocycles. The minimum absolute atomic E-state index is 0.817. The minimum Gasteiger partial charge on any atom is -0.650 e. The Balaban J connectivity index is 0.000000332. The summed E-state index contributed by atoms with van der Waals surface area (Å²) in [6.45, 7) is 5.80. The lowest BCUT2D eigenvalue weighted by Crippen LogP contribution is -2.32. The Kier molecular flexibility index (Phi) is 8.74. The van der Waals surface area contributed by atoms with Crippen LogP contribution in [0, 0.1) is 0 Å². The third kappa shape index (κ3) is 8.13. The zero-order valence-electron chi connectivity index (χ0n) is 14.0. The number of hydrogen-bond acceptors (Lipinski definition) is 6. The number of thiol groups is 1. The zero-order valence-corrected chi connectivity index (χ0v) is 15.8. The van der Waals surface area contributed by atoms with Crippen molar-refractivity contribution in [2.24, 2.45) is 0 Å². The van der Waals surface area contributed by atoms with Gasteiger partial charge >= 0.3 is 7.25 Å². The van der Waals surface area contributed by atoms with Crippen LogP contribution in [0.25, 0.3) is 0 Å². The van der Waals surface area contributed by atoms with Gasteiger partial charge in [0.1, 0.15) is 0 Å². The van der Waals surface area contributed by atoms with E-state index in [1.54, 1.807) is 4.41 Å². The van der Waals surface area contributed by atoms with Gasteiger partial charge in [-0.1, -0.05) is 4.41 Å². The van der Waals surface area contributed by atoms with Crippen molar-refractivity contribution in [3.05, 3.63) is 0 Å². The summed E-state index contributed by atoms with van der Waals surface area (Å²) in [7, 11) is 2.03. The summed E-state index contributed by atoms with van der Waals surface area (Å²) < 4.78 is 46.8. The van der Waals surface area contributed by atoms with Crippen molar-refractivity contribution in [1.29, 1.82) is 0 Å². The first-order valence-corrected chi connectivity index (χ1v) is 7.37. The van der Waals surface area contributed by atoms with E-state index in [4.69, 9.17) is 12.8 Å². The summed E-state index contributed by atoms with van der Waals surface area (Å²) in [6, 6.07) is 0. The van der Waals surface area contributed by atoms with Crippen molar-refractivity contribution in [2.75, 3.05) is 41.5 Å². The molecule has 0 radical (unpaired) electrons. The molecule has 0 saturated carbocycles. The molecule has 0 spiro atoms. The monoisotopic (exact) mass is 378 g/mol. The maximum absolute atomic E-state index is 9.75. The van der Waals surface area contributed by atoms with E-state index in [9.17, 15) is 17.3 Å². The fraction of sp³-hybridized carbons (Fsp3) is 0.800. The highest BCUT2D eigenvalue weighted by Crippen LogP contribution is 2.07. The Morgan fingerprint density at radius 2 is 1.30 bits per heavy atom. The van der Waals surface area contributed by atoms with Crippen LogP contribution in [-0.2, 0) is 12.8 Å². The van der Waals surface area contributed by atoms with E-state index < -0.39 is 7.25 Å². The highest BCUT2D eigenvalue weighted by atomic mass is 32.1. The van der Waals surface area contributed by atoms with E-state index in [2.05, 4.69) is 28.9 Å². The molecule has 13 heteroatoms. The van der Waals surface area contributed by atoms with Gasteiger partial charge in [-0.15, -0.1) is 0 Å². The molecule has 0 unspecified atom stereocenters. The first-order chi connectivity index (χ1) is 10.3. The third-order valence-corrected chi connectivity index (χ3v) is 4.15. The fourth-order valence-corrected chi connectivity index (χ4v) is 2.20. The second kappa shape index (κ2) is 8.99. The van der Waals surface area contributed by atoms with E-state index in [1.165, 1.54) is 11.7 Å². The average molecular weight is 378 g/mol. The summed E-state index contributed by atoms with van der Waals surface area (Å²) >= 11 is 9.18. The van der Waals surface area contributed by atoms with Crippen LogP contribution in [0.1, 0.15) is 13.8 Å². The number of hydrazine groups is 2. The second-order valence-corrected chi connectivity index (χ2v) is 5.92. The number of amidine groups is 2. The summed E-state index contributed by atoms with van der Waals surface area (Å²) in [5, 5.41) is 3.96. The van der Waals surface area contributed by atoms with Crippen LogP contribution in [0.3, 0.4) is 0 Å². The maximum atomic E-state index is 9.75. The molecule has 136 valence electrons.